The summed E-state index contributed by atoms with van der Waals surface area (Å²) in [6.45, 7) is 0. The van der Waals surface area contributed by atoms with Gasteiger partial charge >= 0.3 is 5.88 Å². The van der Waals surface area contributed by atoms with Crippen LogP contribution in [0.5, 0.6) is 0 Å². The van der Waals surface area contributed by atoms with E-state index in [-0.39, 0.29) is 5.88 Å². The van der Waals surface area contributed by atoms with Gasteiger partial charge < -0.3 is 8.83 Å². The lowest BCUT2D eigenvalue weighted by Crippen LogP contribution is -2.58. The van der Waals surface area contributed by atoms with Crippen LogP contribution in [0.4, 0.5) is 5.88 Å². The Hall–Kier alpha value is -2.54. The van der Waals surface area contributed by atoms with Gasteiger partial charge in [0.15, 0.2) is 17.1 Å². The van der Waals surface area contributed by atoms with Gasteiger partial charge in [-0.05, 0) is 34.1 Å². The number of nitrogens with zero attached hydrogens (tertiary/aromatic N) is 2. The van der Waals surface area contributed by atoms with Crippen LogP contribution in [-0.4, -0.2) is 9.58 Å². The molecule has 0 saturated heterocycles. The smallest absolute Gasteiger partial charge is 0.433 e. The van der Waals surface area contributed by atoms with E-state index in [0.717, 1.165) is 0 Å². The molecule has 0 aliphatic heterocycles. The summed E-state index contributed by atoms with van der Waals surface area (Å²) >= 11 is 3.24. The summed E-state index contributed by atoms with van der Waals surface area (Å²) in [6.07, 6.45) is 5.38. The van der Waals surface area contributed by atoms with Crippen molar-refractivity contribution in [3.05, 3.63) is 81.2 Å². The first-order chi connectivity index (χ1) is 12.6. The maximum atomic E-state index is 10.8. The first kappa shape index (κ1) is 20.8. The van der Waals surface area contributed by atoms with Gasteiger partial charge in [0.1, 0.15) is 10.7 Å². The Kier molecular flexibility index (Phi) is 6.85. The Labute approximate surface area is 162 Å². The quantitative estimate of drug-likeness (QED) is 0.315. The molecule has 3 aromatic heterocycles. The minimum atomic E-state index is -4.69. The van der Waals surface area contributed by atoms with E-state index < -0.39 is 15.2 Å². The zero-order chi connectivity index (χ0) is 20.0. The fraction of sp³-hybridized carbons (Fsp3) is 0. The minimum absolute atomic E-state index is 0.307. The van der Waals surface area contributed by atoms with Crippen molar-refractivity contribution >= 4 is 33.6 Å². The van der Waals surface area contributed by atoms with E-state index in [9.17, 15) is 10.1 Å². The highest BCUT2D eigenvalue weighted by atomic mass is 79.9. The van der Waals surface area contributed by atoms with Crippen molar-refractivity contribution in [3.8, 4) is 0 Å². The van der Waals surface area contributed by atoms with Crippen LogP contribution >= 0.6 is 15.9 Å². The molecule has 27 heavy (non-hydrogen) atoms. The van der Waals surface area contributed by atoms with E-state index in [4.69, 9.17) is 27.5 Å². The summed E-state index contributed by atoms with van der Waals surface area (Å²) in [5.74, 6) is 0.658. The van der Waals surface area contributed by atoms with Gasteiger partial charge in [-0.1, -0.05) is 6.07 Å². The molecule has 0 atom stereocenters. The number of aromatic nitrogens is 1. The molecule has 12 heteroatoms. The second-order valence-electron chi connectivity index (χ2n) is 4.75. The Bertz CT molecular complexity index is 927. The maximum absolute atomic E-state index is 10.8. The van der Waals surface area contributed by atoms with Crippen molar-refractivity contribution in [3.63, 3.8) is 0 Å². The summed E-state index contributed by atoms with van der Waals surface area (Å²) in [6, 6.07) is 12.0. The number of nitro groups is 1. The lowest BCUT2D eigenvalue weighted by molar-refractivity contribution is -1.92. The molecule has 1 N–H and O–H groups in total. The average Bonchev–Trinajstić information content (AvgIpc) is 3.21. The molecule has 3 aromatic rings. The van der Waals surface area contributed by atoms with Crippen molar-refractivity contribution in [1.29, 1.82) is 0 Å². The lowest BCUT2D eigenvalue weighted by atomic mass is 10.2. The van der Waals surface area contributed by atoms with Crippen LogP contribution in [0.1, 0.15) is 11.5 Å². The van der Waals surface area contributed by atoms with Crippen LogP contribution in [0, 0.1) is 20.4 Å². The number of hydrogen-bond acceptors (Lipinski definition) is 8. The van der Waals surface area contributed by atoms with Gasteiger partial charge in [-0.3, -0.25) is 10.1 Å². The Morgan fingerprint density at radius 1 is 1.11 bits per heavy atom. The van der Waals surface area contributed by atoms with Crippen molar-refractivity contribution in [2.45, 2.75) is 0 Å². The highest BCUT2D eigenvalue weighted by Crippen LogP contribution is 2.24. The number of pyridine rings is 1. The third-order valence-corrected chi connectivity index (χ3v) is 3.32. The topological polar surface area (TPSA) is 163 Å². The summed E-state index contributed by atoms with van der Waals surface area (Å²) in [4.78, 5) is 10.2. The monoisotopic (exact) mass is 461 g/mol. The Morgan fingerprint density at radius 2 is 1.74 bits per heavy atom. The van der Waals surface area contributed by atoms with Crippen LogP contribution in [0.3, 0.4) is 0 Å². The molecule has 0 aromatic carbocycles. The summed E-state index contributed by atoms with van der Waals surface area (Å²) < 4.78 is 45.9. The van der Waals surface area contributed by atoms with Gasteiger partial charge in [0, 0.05) is 12.1 Å². The van der Waals surface area contributed by atoms with Gasteiger partial charge in [0.25, 0.3) is 5.70 Å². The van der Waals surface area contributed by atoms with E-state index in [1.54, 1.807) is 28.8 Å². The molecule has 142 valence electrons. The van der Waals surface area contributed by atoms with Crippen LogP contribution in [0.15, 0.2) is 68.4 Å². The summed E-state index contributed by atoms with van der Waals surface area (Å²) in [5.41, 5.74) is 0.621. The predicted octanol–water partition coefficient (Wildman–Crippen LogP) is -0.247. The SMILES string of the molecule is O=[N+]([O-])c1ccc(/C(=C/c2ccc(Br)o2)[n+]2ccccc2)o1.[O-][Cl+3]([O-])([O-])O. The molecule has 3 heterocycles. The van der Waals surface area contributed by atoms with Gasteiger partial charge in [-0.15, -0.1) is 0 Å². The Balaban J connectivity index is 0.000000465. The van der Waals surface area contributed by atoms with Crippen molar-refractivity contribution in [1.82, 2.24) is 0 Å². The lowest BCUT2D eigenvalue weighted by Gasteiger charge is -2.03. The fourth-order valence-corrected chi connectivity index (χ4v) is 2.26. The van der Waals surface area contributed by atoms with E-state index in [1.165, 1.54) is 6.07 Å². The molecule has 10 nitrogen and oxygen atoms in total. The zero-order valence-electron chi connectivity index (χ0n) is 13.2. The number of hydrogen-bond donors (Lipinski definition) is 1. The van der Waals surface area contributed by atoms with E-state index >= 15 is 0 Å². The first-order valence-corrected chi connectivity index (χ1v) is 9.01. The normalized spacial score (nSPS) is 11.7. The third-order valence-electron chi connectivity index (χ3n) is 2.89. The van der Waals surface area contributed by atoms with E-state index in [2.05, 4.69) is 15.9 Å². The molecule has 0 saturated carbocycles. The minimum Gasteiger partial charge on any atom is -0.450 e. The molecular weight excluding hydrogens is 452 g/mol. The van der Waals surface area contributed by atoms with Crippen molar-refractivity contribution in [2.75, 3.05) is 0 Å². The number of rotatable bonds is 4. The van der Waals surface area contributed by atoms with Crippen LogP contribution in [0.2, 0.25) is 0 Å². The number of furan rings is 2. The molecule has 0 fully saturated rings. The standard InChI is InChI=1S/C15H10BrN2O4.ClHO4/c16-14-6-4-11(21-14)10-12(17-8-2-1-3-9-17)13-5-7-15(22-13)18(19)20;2-1(3,4)5/h1-10H;(H,2,3,4,5)/q+1;/b12-10-;. The summed E-state index contributed by atoms with van der Waals surface area (Å²) in [5, 5.41) is 10.8. The van der Waals surface area contributed by atoms with Gasteiger partial charge in [0.2, 0.25) is 5.76 Å². The molecule has 0 unspecified atom stereocenters. The molecule has 0 aliphatic rings. The van der Waals surface area contributed by atoms with Crippen molar-refractivity contribution in [2.24, 2.45) is 0 Å². The molecule has 0 aliphatic carbocycles. The fourth-order valence-electron chi connectivity index (χ4n) is 1.94. The maximum Gasteiger partial charge on any atom is 0.433 e. The van der Waals surface area contributed by atoms with E-state index in [0.29, 0.717) is 21.9 Å². The largest absolute Gasteiger partial charge is 0.450 e. The predicted molar refractivity (Wildman–Crippen MR) is 83.9 cm³/mol. The second kappa shape index (κ2) is 8.90. The van der Waals surface area contributed by atoms with Crippen molar-refractivity contribution < 1.29 is 47.2 Å². The molecular formula is C15H11BrClN2O8+. The van der Waals surface area contributed by atoms with E-state index in [1.807, 2.05) is 30.6 Å². The van der Waals surface area contributed by atoms with Crippen LogP contribution in [-0.2, 0) is 0 Å². The van der Waals surface area contributed by atoms with Crippen LogP contribution in [0.25, 0.3) is 11.8 Å². The molecule has 0 spiro atoms. The van der Waals surface area contributed by atoms with Gasteiger partial charge in [0.05, 0.1) is 27.0 Å². The molecule has 3 rings (SSSR count). The second-order valence-corrected chi connectivity index (χ2v) is 6.32. The first-order valence-electron chi connectivity index (χ1n) is 6.95. The molecule has 0 radical (unpaired) electrons. The number of halogens is 2. The highest BCUT2D eigenvalue weighted by molar-refractivity contribution is 9.10. The molecule has 0 bridgehead atoms. The summed E-state index contributed by atoms with van der Waals surface area (Å²) in [7, 11) is -4.69. The van der Waals surface area contributed by atoms with Gasteiger partial charge in [-0.25, -0.2) is 0 Å². The highest BCUT2D eigenvalue weighted by Gasteiger charge is 2.21. The Morgan fingerprint density at radius 3 is 2.22 bits per heavy atom. The van der Waals surface area contributed by atoms with Crippen LogP contribution < -0.4 is 18.5 Å². The molecule has 0 amide bonds. The van der Waals surface area contributed by atoms with Gasteiger partial charge in [-0.2, -0.15) is 18.5 Å². The average molecular weight is 463 g/mol. The third kappa shape index (κ3) is 6.94. The zero-order valence-corrected chi connectivity index (χ0v) is 15.6.